The third-order valence-electron chi connectivity index (χ3n) is 4.10. The van der Waals surface area contributed by atoms with Crippen molar-refractivity contribution in [2.24, 2.45) is 0 Å². The Balaban J connectivity index is 1.89. The molecule has 1 fully saturated rings. The molecule has 1 aliphatic heterocycles. The SMILES string of the molecule is C=C(C)C(=O)OCC1(OCCCCCCCCCCCC)CO1. The van der Waals surface area contributed by atoms with Gasteiger partial charge in [-0.25, -0.2) is 4.79 Å². The maximum Gasteiger partial charge on any atom is 0.333 e. The van der Waals surface area contributed by atoms with Crippen LogP contribution in [-0.4, -0.2) is 31.6 Å². The molecule has 1 rings (SSSR count). The summed E-state index contributed by atoms with van der Waals surface area (Å²) in [5.41, 5.74) is 0.399. The van der Waals surface area contributed by atoms with E-state index in [-0.39, 0.29) is 12.6 Å². The Morgan fingerprint density at radius 3 is 2.04 bits per heavy atom. The van der Waals surface area contributed by atoms with E-state index in [1.807, 2.05) is 0 Å². The molecule has 1 heterocycles. The topological polar surface area (TPSA) is 48.1 Å². The molecule has 0 aromatic carbocycles. The normalized spacial score (nSPS) is 19.6. The van der Waals surface area contributed by atoms with E-state index in [0.29, 0.717) is 18.8 Å². The number of hydrogen-bond acceptors (Lipinski definition) is 4. The predicted molar refractivity (Wildman–Crippen MR) is 92.3 cm³/mol. The smallest absolute Gasteiger partial charge is 0.333 e. The second kappa shape index (κ2) is 11.6. The summed E-state index contributed by atoms with van der Waals surface area (Å²) in [5, 5.41) is 0. The number of ether oxygens (including phenoxy) is 3. The molecular weight excluding hydrogens is 292 g/mol. The zero-order valence-corrected chi connectivity index (χ0v) is 15.0. The molecule has 0 spiro atoms. The predicted octanol–water partition coefficient (Wildman–Crippen LogP) is 4.77. The monoisotopic (exact) mass is 326 g/mol. The molecule has 4 heteroatoms. The van der Waals surface area contributed by atoms with Gasteiger partial charge in [0.1, 0.15) is 13.2 Å². The lowest BCUT2D eigenvalue weighted by molar-refractivity contribution is -0.151. The van der Waals surface area contributed by atoms with Gasteiger partial charge >= 0.3 is 5.97 Å². The highest BCUT2D eigenvalue weighted by Gasteiger charge is 2.47. The van der Waals surface area contributed by atoms with E-state index in [1.165, 1.54) is 57.8 Å². The summed E-state index contributed by atoms with van der Waals surface area (Å²) in [7, 11) is 0. The van der Waals surface area contributed by atoms with Crippen molar-refractivity contribution < 1.29 is 19.0 Å². The van der Waals surface area contributed by atoms with Crippen LogP contribution in [0.4, 0.5) is 0 Å². The van der Waals surface area contributed by atoms with Crippen molar-refractivity contribution in [3.8, 4) is 0 Å². The number of esters is 1. The van der Waals surface area contributed by atoms with Crippen molar-refractivity contribution in [1.29, 1.82) is 0 Å². The molecule has 4 nitrogen and oxygen atoms in total. The van der Waals surface area contributed by atoms with Gasteiger partial charge in [-0.15, -0.1) is 0 Å². The number of epoxide rings is 1. The minimum absolute atomic E-state index is 0.163. The first-order valence-electron chi connectivity index (χ1n) is 9.20. The van der Waals surface area contributed by atoms with Crippen LogP contribution >= 0.6 is 0 Å². The molecule has 0 radical (unpaired) electrons. The van der Waals surface area contributed by atoms with Crippen LogP contribution in [0.25, 0.3) is 0 Å². The number of rotatable bonds is 15. The van der Waals surface area contributed by atoms with Gasteiger partial charge in [0.2, 0.25) is 5.79 Å². The second-order valence-corrected chi connectivity index (χ2v) is 6.59. The van der Waals surface area contributed by atoms with Crippen molar-refractivity contribution in [1.82, 2.24) is 0 Å². The first-order valence-corrected chi connectivity index (χ1v) is 9.20. The summed E-state index contributed by atoms with van der Waals surface area (Å²) in [5.74, 6) is -1.06. The Kier molecular flexibility index (Phi) is 10.2. The van der Waals surface area contributed by atoms with Gasteiger partial charge in [0.25, 0.3) is 0 Å². The van der Waals surface area contributed by atoms with Crippen molar-refractivity contribution in [3.63, 3.8) is 0 Å². The van der Waals surface area contributed by atoms with Gasteiger partial charge < -0.3 is 14.2 Å². The maximum atomic E-state index is 11.3. The zero-order valence-electron chi connectivity index (χ0n) is 15.0. The summed E-state index contributed by atoms with van der Waals surface area (Å²) >= 11 is 0. The minimum atomic E-state index is -0.676. The Morgan fingerprint density at radius 2 is 1.57 bits per heavy atom. The molecule has 0 saturated carbocycles. The molecule has 1 unspecified atom stereocenters. The molecular formula is C19H34O4. The average Bonchev–Trinajstić information content (AvgIpc) is 3.30. The molecule has 0 amide bonds. The quantitative estimate of drug-likeness (QED) is 0.188. The van der Waals surface area contributed by atoms with Crippen LogP contribution in [0.2, 0.25) is 0 Å². The average molecular weight is 326 g/mol. The van der Waals surface area contributed by atoms with Gasteiger partial charge in [0.15, 0.2) is 0 Å². The van der Waals surface area contributed by atoms with E-state index in [0.717, 1.165) is 6.42 Å². The zero-order chi connectivity index (χ0) is 17.0. The first kappa shape index (κ1) is 20.2. The fourth-order valence-corrected chi connectivity index (χ4v) is 2.44. The maximum absolute atomic E-state index is 11.3. The number of carbonyl (C=O) groups is 1. The standard InChI is InChI=1S/C19H34O4/c1-4-5-6-7-8-9-10-11-12-13-14-22-19(16-23-19)15-21-18(20)17(2)3/h2,4-16H2,1,3H3. The first-order chi connectivity index (χ1) is 11.1. The van der Waals surface area contributed by atoms with Gasteiger partial charge in [-0.3, -0.25) is 0 Å². The molecule has 0 aliphatic carbocycles. The van der Waals surface area contributed by atoms with E-state index < -0.39 is 5.79 Å². The van der Waals surface area contributed by atoms with E-state index in [4.69, 9.17) is 14.2 Å². The van der Waals surface area contributed by atoms with Gasteiger partial charge in [-0.05, 0) is 13.3 Å². The van der Waals surface area contributed by atoms with Gasteiger partial charge in [0.05, 0.1) is 6.61 Å². The summed E-state index contributed by atoms with van der Waals surface area (Å²) < 4.78 is 16.1. The van der Waals surface area contributed by atoms with Crippen LogP contribution in [0.5, 0.6) is 0 Å². The van der Waals surface area contributed by atoms with Crippen molar-refractivity contribution in [3.05, 3.63) is 12.2 Å². The van der Waals surface area contributed by atoms with E-state index in [1.54, 1.807) is 6.92 Å². The lowest BCUT2D eigenvalue weighted by atomic mass is 10.1. The van der Waals surface area contributed by atoms with Crippen molar-refractivity contribution in [2.45, 2.75) is 83.8 Å². The summed E-state index contributed by atoms with van der Waals surface area (Å²) in [6.45, 7) is 8.78. The molecule has 134 valence electrons. The second-order valence-electron chi connectivity index (χ2n) is 6.59. The van der Waals surface area contributed by atoms with Gasteiger partial charge in [-0.1, -0.05) is 71.3 Å². The van der Waals surface area contributed by atoms with Crippen LogP contribution in [0, 0.1) is 0 Å². The molecule has 1 atom stereocenters. The molecule has 1 aliphatic rings. The van der Waals surface area contributed by atoms with Crippen LogP contribution in [0.3, 0.4) is 0 Å². The Bertz CT molecular complexity index is 347. The third kappa shape index (κ3) is 9.77. The lowest BCUT2D eigenvalue weighted by Crippen LogP contribution is -2.26. The van der Waals surface area contributed by atoms with E-state index in [9.17, 15) is 4.79 Å². The highest BCUT2D eigenvalue weighted by Crippen LogP contribution is 2.29. The fraction of sp³-hybridized carbons (Fsp3) is 0.842. The van der Waals surface area contributed by atoms with E-state index in [2.05, 4.69) is 13.5 Å². The number of hydrogen-bond donors (Lipinski definition) is 0. The highest BCUT2D eigenvalue weighted by atomic mass is 16.8. The Morgan fingerprint density at radius 1 is 1.04 bits per heavy atom. The summed E-state index contributed by atoms with van der Waals surface area (Å²) in [4.78, 5) is 11.3. The van der Waals surface area contributed by atoms with Crippen LogP contribution in [-0.2, 0) is 19.0 Å². The summed E-state index contributed by atoms with van der Waals surface area (Å²) in [6, 6.07) is 0. The number of carbonyl (C=O) groups excluding carboxylic acids is 1. The molecule has 0 aromatic heterocycles. The Labute approximate surface area is 141 Å². The summed E-state index contributed by atoms with van der Waals surface area (Å²) in [6.07, 6.45) is 13.0. The molecule has 0 N–H and O–H groups in total. The molecule has 0 aromatic rings. The molecule has 23 heavy (non-hydrogen) atoms. The van der Waals surface area contributed by atoms with Crippen molar-refractivity contribution in [2.75, 3.05) is 19.8 Å². The largest absolute Gasteiger partial charge is 0.457 e. The van der Waals surface area contributed by atoms with Crippen LogP contribution in [0.1, 0.15) is 78.1 Å². The third-order valence-corrected chi connectivity index (χ3v) is 4.10. The molecule has 1 saturated heterocycles. The van der Waals surface area contributed by atoms with Crippen LogP contribution < -0.4 is 0 Å². The van der Waals surface area contributed by atoms with E-state index >= 15 is 0 Å². The molecule has 0 bridgehead atoms. The van der Waals surface area contributed by atoms with Gasteiger partial charge in [-0.2, -0.15) is 0 Å². The fourth-order valence-electron chi connectivity index (χ4n) is 2.44. The lowest BCUT2D eigenvalue weighted by Gasteiger charge is -2.13. The Hall–Kier alpha value is -0.870. The van der Waals surface area contributed by atoms with Gasteiger partial charge in [0, 0.05) is 5.57 Å². The van der Waals surface area contributed by atoms with Crippen molar-refractivity contribution >= 4 is 5.97 Å². The highest BCUT2D eigenvalue weighted by molar-refractivity contribution is 5.86. The minimum Gasteiger partial charge on any atom is -0.457 e. The van der Waals surface area contributed by atoms with Crippen LogP contribution in [0.15, 0.2) is 12.2 Å². The number of unbranched alkanes of at least 4 members (excludes halogenated alkanes) is 9.